The fourth-order valence-corrected chi connectivity index (χ4v) is 3.96. The Morgan fingerprint density at radius 2 is 1.86 bits per heavy atom. The van der Waals surface area contributed by atoms with Gasteiger partial charge in [0.15, 0.2) is 0 Å². The van der Waals surface area contributed by atoms with E-state index in [1.165, 1.54) is 6.20 Å². The average molecular weight is 379 g/mol. The summed E-state index contributed by atoms with van der Waals surface area (Å²) in [6, 6.07) is 9.27. The normalized spacial score (nSPS) is 18.4. The predicted molar refractivity (Wildman–Crippen MR) is 106 cm³/mol. The van der Waals surface area contributed by atoms with Crippen LogP contribution in [0.1, 0.15) is 63.1 Å². The highest BCUT2D eigenvalue weighted by molar-refractivity contribution is 5.95. The van der Waals surface area contributed by atoms with Gasteiger partial charge < -0.3 is 10.2 Å². The molecule has 1 aliphatic heterocycles. The minimum atomic E-state index is -0.176. The van der Waals surface area contributed by atoms with Gasteiger partial charge in [-0.05, 0) is 76.4 Å². The summed E-state index contributed by atoms with van der Waals surface area (Å²) in [5.74, 6) is 0.262. The van der Waals surface area contributed by atoms with Crippen molar-refractivity contribution in [3.8, 4) is 6.07 Å². The fourth-order valence-electron chi connectivity index (χ4n) is 3.96. The zero-order chi connectivity index (χ0) is 20.4. The van der Waals surface area contributed by atoms with E-state index >= 15 is 0 Å². The molecule has 1 aromatic heterocycles. The molecule has 3 rings (SSSR count). The first-order valence-corrected chi connectivity index (χ1v) is 9.30. The number of nitriles is 1. The van der Waals surface area contributed by atoms with Gasteiger partial charge in [-0.3, -0.25) is 4.79 Å². The quantitative estimate of drug-likeness (QED) is 0.788. The van der Waals surface area contributed by atoms with Crippen molar-refractivity contribution in [3.63, 3.8) is 0 Å². The lowest BCUT2D eigenvalue weighted by Crippen LogP contribution is -2.60. The van der Waals surface area contributed by atoms with E-state index in [2.05, 4.69) is 53.6 Å². The zero-order valence-corrected chi connectivity index (χ0v) is 16.7. The number of rotatable bonds is 4. The number of allylic oxidation sites excluding steroid dienone is 1. The van der Waals surface area contributed by atoms with E-state index < -0.39 is 0 Å². The first-order valence-electron chi connectivity index (χ1n) is 9.30. The van der Waals surface area contributed by atoms with Gasteiger partial charge in [0.05, 0.1) is 0 Å². The molecule has 146 valence electrons. The number of amides is 1. The molecule has 8 nitrogen and oxygen atoms in total. The maximum atomic E-state index is 13.2. The topological polar surface area (TPSA) is 111 Å². The molecular formula is C20H25N7O. The van der Waals surface area contributed by atoms with Gasteiger partial charge in [-0.2, -0.15) is 10.5 Å². The lowest BCUT2D eigenvalue weighted by Gasteiger charge is -2.53. The van der Waals surface area contributed by atoms with Crippen LogP contribution >= 0.6 is 0 Å². The Morgan fingerprint density at radius 1 is 1.21 bits per heavy atom. The number of benzene rings is 1. The molecule has 0 radical (unpaired) electrons. The van der Waals surface area contributed by atoms with Crippen molar-refractivity contribution >= 4 is 17.2 Å². The second kappa shape index (κ2) is 7.43. The second-order valence-electron chi connectivity index (χ2n) is 8.25. The summed E-state index contributed by atoms with van der Waals surface area (Å²) in [5, 5.41) is 25.6. The van der Waals surface area contributed by atoms with Crippen LogP contribution in [0, 0.1) is 11.3 Å². The molecule has 0 unspecified atom stereocenters. The van der Waals surface area contributed by atoms with E-state index in [1.54, 1.807) is 12.1 Å². The lowest BCUT2D eigenvalue weighted by atomic mass is 9.79. The van der Waals surface area contributed by atoms with Crippen LogP contribution in [-0.4, -0.2) is 42.5 Å². The number of nitrogens with zero attached hydrogens (tertiary/aromatic N) is 5. The minimum absolute atomic E-state index is 0.0429. The van der Waals surface area contributed by atoms with Gasteiger partial charge in [-0.15, -0.1) is 10.2 Å². The molecule has 1 aliphatic rings. The number of piperidine rings is 1. The van der Waals surface area contributed by atoms with Crippen molar-refractivity contribution in [2.75, 3.05) is 5.32 Å². The molecular weight excluding hydrogens is 354 g/mol. The maximum absolute atomic E-state index is 13.2. The second-order valence-corrected chi connectivity index (χ2v) is 8.25. The van der Waals surface area contributed by atoms with E-state index in [9.17, 15) is 10.1 Å². The number of nitrogens with one attached hydrogen (secondary N) is 2. The third-order valence-corrected chi connectivity index (χ3v) is 5.21. The molecule has 0 aliphatic carbocycles. The number of hydrogen-bond donors (Lipinski definition) is 2. The lowest BCUT2D eigenvalue weighted by molar-refractivity contribution is -0.0111. The summed E-state index contributed by atoms with van der Waals surface area (Å²) in [5.41, 5.74) is 1.31. The fraction of sp³-hybridized carbons (Fsp3) is 0.450. The molecule has 0 saturated carbocycles. The Kier molecular flexibility index (Phi) is 5.18. The Hall–Kier alpha value is -3.21. The maximum Gasteiger partial charge on any atom is 0.254 e. The van der Waals surface area contributed by atoms with Gasteiger partial charge in [0, 0.05) is 28.5 Å². The molecule has 8 heteroatoms. The van der Waals surface area contributed by atoms with Crippen molar-refractivity contribution in [3.05, 3.63) is 41.9 Å². The van der Waals surface area contributed by atoms with Crippen LogP contribution < -0.4 is 5.32 Å². The van der Waals surface area contributed by atoms with Crippen LogP contribution in [-0.2, 0) is 0 Å². The highest BCUT2D eigenvalue weighted by atomic mass is 16.2. The van der Waals surface area contributed by atoms with E-state index in [4.69, 9.17) is 0 Å². The van der Waals surface area contributed by atoms with Crippen LogP contribution in [0.4, 0.5) is 5.69 Å². The number of carbonyl (C=O) groups excluding carboxylic acids is 1. The summed E-state index contributed by atoms with van der Waals surface area (Å²) in [6.45, 7) is 8.53. The summed E-state index contributed by atoms with van der Waals surface area (Å²) in [7, 11) is 0. The van der Waals surface area contributed by atoms with Crippen molar-refractivity contribution in [2.24, 2.45) is 0 Å². The first kappa shape index (κ1) is 19.5. The number of anilines is 1. The number of aromatic nitrogens is 4. The Morgan fingerprint density at radius 3 is 2.39 bits per heavy atom. The van der Waals surface area contributed by atoms with Crippen LogP contribution in [0.3, 0.4) is 0 Å². The van der Waals surface area contributed by atoms with E-state index in [0.29, 0.717) is 5.56 Å². The standard InChI is InChI=1S/C20H25N7O/c1-19(2)10-5-11-20(3,4)27(19)18(28)14-6-8-16(9-7-14)22-13-15(12-21)17-23-25-26-24-17/h6-9,13,22H,5,10-11H2,1-4H3,(H,23,24,25,26). The predicted octanol–water partition coefficient (Wildman–Crippen LogP) is 3.36. The van der Waals surface area contributed by atoms with Gasteiger partial charge in [0.1, 0.15) is 11.6 Å². The third-order valence-electron chi connectivity index (χ3n) is 5.21. The average Bonchev–Trinajstić information content (AvgIpc) is 3.15. The van der Waals surface area contributed by atoms with Gasteiger partial charge in [-0.25, -0.2) is 0 Å². The number of aromatic amines is 1. The number of H-pyrrole nitrogens is 1. The molecule has 0 bridgehead atoms. The number of hydrogen-bond acceptors (Lipinski definition) is 6. The zero-order valence-electron chi connectivity index (χ0n) is 16.7. The SMILES string of the molecule is CC1(C)CCCC(C)(C)N1C(=O)c1ccc(NC=C(C#N)c2nn[nH]n2)cc1. The molecule has 0 spiro atoms. The molecule has 0 atom stereocenters. The van der Waals surface area contributed by atoms with Crippen molar-refractivity contribution < 1.29 is 4.79 Å². The Balaban J connectivity index is 1.77. The molecule has 1 fully saturated rings. The number of tetrazole rings is 1. The summed E-state index contributed by atoms with van der Waals surface area (Å²) >= 11 is 0. The van der Waals surface area contributed by atoms with Gasteiger partial charge in [0.25, 0.3) is 5.91 Å². The minimum Gasteiger partial charge on any atom is -0.360 e. The van der Waals surface area contributed by atoms with E-state index in [-0.39, 0.29) is 28.4 Å². The Labute approximate surface area is 164 Å². The highest BCUT2D eigenvalue weighted by Crippen LogP contribution is 2.39. The van der Waals surface area contributed by atoms with Crippen molar-refractivity contribution in [1.82, 2.24) is 25.5 Å². The van der Waals surface area contributed by atoms with E-state index in [0.717, 1.165) is 24.9 Å². The molecule has 2 heterocycles. The number of likely N-dealkylation sites (tertiary alicyclic amines) is 1. The summed E-state index contributed by atoms with van der Waals surface area (Å²) in [6.07, 6.45) is 4.64. The van der Waals surface area contributed by atoms with Crippen LogP contribution in [0.2, 0.25) is 0 Å². The van der Waals surface area contributed by atoms with Gasteiger partial charge >= 0.3 is 0 Å². The molecule has 1 aromatic carbocycles. The molecule has 2 aromatic rings. The monoisotopic (exact) mass is 379 g/mol. The molecule has 28 heavy (non-hydrogen) atoms. The molecule has 2 N–H and O–H groups in total. The smallest absolute Gasteiger partial charge is 0.254 e. The number of carbonyl (C=O) groups is 1. The third kappa shape index (κ3) is 3.88. The highest BCUT2D eigenvalue weighted by Gasteiger charge is 2.44. The van der Waals surface area contributed by atoms with Crippen LogP contribution in [0.5, 0.6) is 0 Å². The van der Waals surface area contributed by atoms with Gasteiger partial charge in [0.2, 0.25) is 5.82 Å². The van der Waals surface area contributed by atoms with Crippen LogP contribution in [0.15, 0.2) is 30.5 Å². The Bertz CT molecular complexity index is 889. The first-order chi connectivity index (χ1) is 13.2. The molecule has 1 amide bonds. The summed E-state index contributed by atoms with van der Waals surface area (Å²) < 4.78 is 0. The van der Waals surface area contributed by atoms with Crippen molar-refractivity contribution in [2.45, 2.75) is 58.0 Å². The molecule has 1 saturated heterocycles. The summed E-state index contributed by atoms with van der Waals surface area (Å²) in [4.78, 5) is 15.3. The van der Waals surface area contributed by atoms with Crippen LogP contribution in [0.25, 0.3) is 5.57 Å². The largest absolute Gasteiger partial charge is 0.360 e. The van der Waals surface area contributed by atoms with Crippen molar-refractivity contribution in [1.29, 1.82) is 5.26 Å². The van der Waals surface area contributed by atoms with E-state index in [1.807, 2.05) is 23.1 Å². The van der Waals surface area contributed by atoms with Gasteiger partial charge in [-0.1, -0.05) is 0 Å².